The number of aromatic nitrogens is 1. The van der Waals surface area contributed by atoms with Gasteiger partial charge in [-0.1, -0.05) is 18.2 Å². The number of nitrogens with one attached hydrogen (secondary N) is 1. The van der Waals surface area contributed by atoms with Crippen molar-refractivity contribution >= 4 is 40.0 Å². The van der Waals surface area contributed by atoms with E-state index >= 15 is 0 Å². The smallest absolute Gasteiger partial charge is 0.243 e. The van der Waals surface area contributed by atoms with Crippen LogP contribution < -0.4 is 5.32 Å². The summed E-state index contributed by atoms with van der Waals surface area (Å²) in [5.41, 5.74) is 1.88. The molecule has 0 spiro atoms. The third kappa shape index (κ3) is 6.46. The van der Waals surface area contributed by atoms with Crippen molar-refractivity contribution in [1.82, 2.24) is 24.0 Å². The van der Waals surface area contributed by atoms with Crippen LogP contribution in [0.2, 0.25) is 0 Å². The number of likely N-dealkylation sites (N-methyl/N-ethyl adjacent to an activating group) is 1. The molecular weight excluding hydrogens is 539 g/mol. The van der Waals surface area contributed by atoms with Crippen LogP contribution in [0.4, 0.5) is 0 Å². The number of hydrogen-bond acceptors (Lipinski definition) is 4. The van der Waals surface area contributed by atoms with E-state index in [0.717, 1.165) is 25.6 Å². The first-order chi connectivity index (χ1) is 14.8. The fourth-order valence-electron chi connectivity index (χ4n) is 3.66. The van der Waals surface area contributed by atoms with E-state index in [1.165, 1.54) is 5.69 Å². The molecule has 1 aromatic heterocycles. The van der Waals surface area contributed by atoms with E-state index in [4.69, 9.17) is 4.99 Å². The summed E-state index contributed by atoms with van der Waals surface area (Å²) < 4.78 is 30.3. The molecule has 1 saturated heterocycles. The van der Waals surface area contributed by atoms with Gasteiger partial charge in [-0.3, -0.25) is 0 Å². The molecule has 0 amide bonds. The van der Waals surface area contributed by atoms with Gasteiger partial charge in [0.2, 0.25) is 10.0 Å². The fraction of sp³-hybridized carbons (Fsp3) is 0.500. The number of aryl methyl sites for hydroxylation is 1. The highest BCUT2D eigenvalue weighted by molar-refractivity contribution is 14.0. The number of hydrogen-bond donors (Lipinski definition) is 1. The van der Waals surface area contributed by atoms with Crippen molar-refractivity contribution in [1.29, 1.82) is 0 Å². The zero-order valence-electron chi connectivity index (χ0n) is 19.4. The van der Waals surface area contributed by atoms with E-state index in [1.54, 1.807) is 16.4 Å². The van der Waals surface area contributed by atoms with Crippen molar-refractivity contribution in [2.24, 2.45) is 12.0 Å². The largest absolute Gasteiger partial charge is 0.357 e. The van der Waals surface area contributed by atoms with Crippen molar-refractivity contribution in [3.05, 3.63) is 53.9 Å². The van der Waals surface area contributed by atoms with Crippen LogP contribution in [0.5, 0.6) is 0 Å². The van der Waals surface area contributed by atoms with E-state index in [1.807, 2.05) is 52.5 Å². The van der Waals surface area contributed by atoms with Crippen LogP contribution in [0, 0.1) is 0 Å². The minimum absolute atomic E-state index is 0. The molecule has 0 unspecified atom stereocenters. The number of benzene rings is 1. The number of rotatable bonds is 7. The third-order valence-corrected chi connectivity index (χ3v) is 7.60. The summed E-state index contributed by atoms with van der Waals surface area (Å²) in [6.07, 6.45) is 2.02. The summed E-state index contributed by atoms with van der Waals surface area (Å²) in [6, 6.07) is 11.3. The molecule has 1 aliphatic rings. The summed E-state index contributed by atoms with van der Waals surface area (Å²) in [5, 5.41) is 3.31. The molecule has 1 aromatic carbocycles. The Hall–Kier alpha value is -1.63. The first-order valence-electron chi connectivity index (χ1n) is 10.7. The predicted octanol–water partition coefficient (Wildman–Crippen LogP) is 2.18. The lowest BCUT2D eigenvalue weighted by atomic mass is 10.2. The topological polar surface area (TPSA) is 73.2 Å². The summed E-state index contributed by atoms with van der Waals surface area (Å²) in [6.45, 7) is 6.27. The van der Waals surface area contributed by atoms with E-state index in [2.05, 4.69) is 25.8 Å². The minimum Gasteiger partial charge on any atom is -0.357 e. The van der Waals surface area contributed by atoms with Crippen LogP contribution in [-0.2, 0) is 30.2 Å². The Balaban J connectivity index is 0.00000363. The molecule has 2 aromatic rings. The second-order valence-corrected chi connectivity index (χ2v) is 9.86. The van der Waals surface area contributed by atoms with Crippen molar-refractivity contribution < 1.29 is 8.42 Å². The Labute approximate surface area is 209 Å². The number of aliphatic imine (C=N–C) groups is 1. The molecule has 0 bridgehead atoms. The second kappa shape index (κ2) is 12.0. The zero-order valence-corrected chi connectivity index (χ0v) is 22.5. The standard InChI is InChI=1S/C22H34N6O2S.HI/c1-5-23-22(27(4)18-20-10-8-12-26(20)3)24-17-19-9-6-7-11-21(19)31(29,30)28-15-13-25(2)14-16-28;/h6-12H,5,13-18H2,1-4H3,(H,23,24);1H. The molecule has 0 atom stereocenters. The Morgan fingerprint density at radius 1 is 1.09 bits per heavy atom. The van der Waals surface area contributed by atoms with E-state index in [0.29, 0.717) is 36.6 Å². The summed E-state index contributed by atoms with van der Waals surface area (Å²) in [4.78, 5) is 9.31. The zero-order chi connectivity index (χ0) is 22.4. The lowest BCUT2D eigenvalue weighted by Crippen LogP contribution is -2.47. The highest BCUT2D eigenvalue weighted by Crippen LogP contribution is 2.22. The fourth-order valence-corrected chi connectivity index (χ4v) is 5.30. The molecule has 0 saturated carbocycles. The third-order valence-electron chi connectivity index (χ3n) is 5.60. The number of piperazine rings is 1. The highest BCUT2D eigenvalue weighted by Gasteiger charge is 2.29. The SMILES string of the molecule is CCNC(=NCc1ccccc1S(=O)(=O)N1CCN(C)CC1)N(C)Cc1cccn1C.I. The normalized spacial score (nSPS) is 15.9. The van der Waals surface area contributed by atoms with Gasteiger partial charge in [0, 0.05) is 58.7 Å². The number of nitrogens with zero attached hydrogens (tertiary/aromatic N) is 5. The monoisotopic (exact) mass is 574 g/mol. The van der Waals surface area contributed by atoms with Crippen molar-refractivity contribution in [3.63, 3.8) is 0 Å². The van der Waals surface area contributed by atoms with Crippen LogP contribution >= 0.6 is 24.0 Å². The van der Waals surface area contributed by atoms with Gasteiger partial charge in [-0.15, -0.1) is 24.0 Å². The van der Waals surface area contributed by atoms with Crippen molar-refractivity contribution in [2.45, 2.75) is 24.9 Å². The first-order valence-corrected chi connectivity index (χ1v) is 12.1. The lowest BCUT2D eigenvalue weighted by molar-refractivity contribution is 0.222. The summed E-state index contributed by atoms with van der Waals surface area (Å²) >= 11 is 0. The first kappa shape index (κ1) is 26.6. The molecule has 2 heterocycles. The van der Waals surface area contributed by atoms with E-state index in [-0.39, 0.29) is 24.0 Å². The number of guanidine groups is 1. The summed E-state index contributed by atoms with van der Waals surface area (Å²) in [5.74, 6) is 0.746. The predicted molar refractivity (Wildman–Crippen MR) is 140 cm³/mol. The molecule has 0 radical (unpaired) electrons. The van der Waals surface area contributed by atoms with Gasteiger partial charge in [0.25, 0.3) is 0 Å². The highest BCUT2D eigenvalue weighted by atomic mass is 127. The van der Waals surface area contributed by atoms with Gasteiger partial charge in [-0.25, -0.2) is 13.4 Å². The van der Waals surface area contributed by atoms with Crippen LogP contribution in [0.3, 0.4) is 0 Å². The van der Waals surface area contributed by atoms with Crippen LogP contribution in [0.1, 0.15) is 18.2 Å². The second-order valence-electron chi connectivity index (χ2n) is 7.95. The quantitative estimate of drug-likeness (QED) is 0.312. The maximum absolute atomic E-state index is 13.3. The Bertz CT molecular complexity index is 999. The van der Waals surface area contributed by atoms with E-state index in [9.17, 15) is 8.42 Å². The Morgan fingerprint density at radius 2 is 1.78 bits per heavy atom. The maximum atomic E-state index is 13.3. The van der Waals surface area contributed by atoms with Crippen LogP contribution in [0.15, 0.2) is 52.5 Å². The number of halogens is 1. The van der Waals surface area contributed by atoms with Gasteiger partial charge in [0.05, 0.1) is 18.0 Å². The molecular formula is C22H35IN6O2S. The minimum atomic E-state index is -3.54. The molecule has 32 heavy (non-hydrogen) atoms. The van der Waals surface area contributed by atoms with Crippen molar-refractivity contribution in [2.75, 3.05) is 46.8 Å². The maximum Gasteiger partial charge on any atom is 0.243 e. The molecule has 3 rings (SSSR count). The molecule has 178 valence electrons. The van der Waals surface area contributed by atoms with Gasteiger partial charge >= 0.3 is 0 Å². The van der Waals surface area contributed by atoms with Gasteiger partial charge in [0.1, 0.15) is 0 Å². The Kier molecular flexibility index (Phi) is 9.99. The Morgan fingerprint density at radius 3 is 2.41 bits per heavy atom. The molecule has 1 aliphatic heterocycles. The molecule has 8 nitrogen and oxygen atoms in total. The van der Waals surface area contributed by atoms with Gasteiger partial charge in [-0.05, 0) is 37.7 Å². The molecule has 1 N–H and O–H groups in total. The average Bonchev–Trinajstić information content (AvgIpc) is 3.16. The molecule has 0 aliphatic carbocycles. The van der Waals surface area contributed by atoms with Gasteiger partial charge in [-0.2, -0.15) is 4.31 Å². The van der Waals surface area contributed by atoms with Crippen LogP contribution in [0.25, 0.3) is 0 Å². The van der Waals surface area contributed by atoms with Crippen molar-refractivity contribution in [3.8, 4) is 0 Å². The van der Waals surface area contributed by atoms with Gasteiger partial charge in [0.15, 0.2) is 5.96 Å². The summed E-state index contributed by atoms with van der Waals surface area (Å²) in [7, 11) is 2.48. The number of sulfonamides is 1. The van der Waals surface area contributed by atoms with Gasteiger partial charge < -0.3 is 19.7 Å². The van der Waals surface area contributed by atoms with E-state index < -0.39 is 10.0 Å². The molecule has 10 heteroatoms. The van der Waals surface area contributed by atoms with Crippen LogP contribution in [-0.4, -0.2) is 79.9 Å². The average molecular weight is 575 g/mol. The molecule has 1 fully saturated rings. The lowest BCUT2D eigenvalue weighted by Gasteiger charge is -2.32.